The molecule has 0 spiro atoms. The van der Waals surface area contributed by atoms with E-state index in [0.717, 1.165) is 12.1 Å². The first-order chi connectivity index (χ1) is 9.90. The van der Waals surface area contributed by atoms with Gasteiger partial charge in [0.05, 0.1) is 11.3 Å². The van der Waals surface area contributed by atoms with Crippen LogP contribution in [-0.2, 0) is 25.6 Å². The van der Waals surface area contributed by atoms with Crippen molar-refractivity contribution in [3.8, 4) is 0 Å². The van der Waals surface area contributed by atoms with Gasteiger partial charge in [-0.25, -0.2) is 8.42 Å². The van der Waals surface area contributed by atoms with Crippen molar-refractivity contribution in [2.45, 2.75) is 6.18 Å². The van der Waals surface area contributed by atoms with Crippen LogP contribution in [0.15, 0.2) is 18.2 Å². The third kappa shape index (κ3) is 5.53. The van der Waals surface area contributed by atoms with E-state index in [1.165, 1.54) is 0 Å². The van der Waals surface area contributed by atoms with Crippen molar-refractivity contribution in [3.05, 3.63) is 28.8 Å². The molecule has 1 aromatic carbocycles. The molecule has 0 aliphatic heterocycles. The molecule has 6 nitrogen and oxygen atoms in total. The Morgan fingerprint density at radius 1 is 1.23 bits per heavy atom. The zero-order valence-corrected chi connectivity index (χ0v) is 12.2. The Labute approximate surface area is 127 Å². The molecule has 0 bridgehead atoms. The van der Waals surface area contributed by atoms with Crippen molar-refractivity contribution in [3.63, 3.8) is 0 Å². The number of hydrogen-bond donors (Lipinski definition) is 2. The summed E-state index contributed by atoms with van der Waals surface area (Å²) < 4.78 is 60.9. The number of hydrogen-bond acceptors (Lipinski definition) is 4. The van der Waals surface area contributed by atoms with Crippen LogP contribution in [0.1, 0.15) is 5.56 Å². The molecular weight excluding hydrogens is 351 g/mol. The van der Waals surface area contributed by atoms with Crippen LogP contribution in [0.4, 0.5) is 18.9 Å². The summed E-state index contributed by atoms with van der Waals surface area (Å²) in [5, 5.41) is 9.92. The smallest absolute Gasteiger partial charge is 0.418 e. The number of rotatable bonds is 5. The van der Waals surface area contributed by atoms with Crippen LogP contribution in [-0.4, -0.2) is 36.9 Å². The first-order valence-corrected chi connectivity index (χ1v) is 7.69. The average molecular weight is 360 g/mol. The van der Waals surface area contributed by atoms with Gasteiger partial charge in [-0.05, 0) is 18.2 Å². The molecule has 0 heterocycles. The van der Waals surface area contributed by atoms with Crippen LogP contribution < -0.4 is 5.32 Å². The van der Waals surface area contributed by atoms with Gasteiger partial charge in [0.1, 0.15) is 11.5 Å². The van der Waals surface area contributed by atoms with Crippen molar-refractivity contribution >= 4 is 39.0 Å². The lowest BCUT2D eigenvalue weighted by molar-refractivity contribution is -0.137. The van der Waals surface area contributed by atoms with Gasteiger partial charge in [0, 0.05) is 5.02 Å². The minimum Gasteiger partial charge on any atom is -0.480 e. The number of carboxylic acid groups (broad SMARTS) is 1. The molecule has 2 N–H and O–H groups in total. The third-order valence-electron chi connectivity index (χ3n) is 2.26. The maximum absolute atomic E-state index is 12.8. The van der Waals surface area contributed by atoms with Gasteiger partial charge < -0.3 is 10.4 Å². The van der Waals surface area contributed by atoms with Crippen LogP contribution >= 0.6 is 11.6 Å². The number of benzene rings is 1. The van der Waals surface area contributed by atoms with Gasteiger partial charge >= 0.3 is 12.1 Å². The Morgan fingerprint density at radius 3 is 2.32 bits per heavy atom. The standard InChI is InChI=1S/C11H9ClF3NO5S/c12-6-1-2-8(7(3-6)11(13,14)15)16-9(17)4-22(20,21)5-10(18)19/h1-3H,4-5H2,(H,16,17)(H,18,19). The van der Waals surface area contributed by atoms with Crippen LogP contribution in [0.25, 0.3) is 0 Å². The second-order valence-corrected chi connectivity index (χ2v) is 6.66. The van der Waals surface area contributed by atoms with Gasteiger partial charge in [-0.1, -0.05) is 11.6 Å². The molecule has 0 aliphatic rings. The number of carbonyl (C=O) groups is 2. The highest BCUT2D eigenvalue weighted by molar-refractivity contribution is 7.92. The summed E-state index contributed by atoms with van der Waals surface area (Å²) >= 11 is 5.45. The number of carbonyl (C=O) groups excluding carboxylic acids is 1. The first kappa shape index (κ1) is 18.2. The molecule has 1 amide bonds. The zero-order chi connectivity index (χ0) is 17.1. The average Bonchev–Trinajstić information content (AvgIpc) is 2.27. The second kappa shape index (κ2) is 6.53. The molecule has 0 saturated carbocycles. The summed E-state index contributed by atoms with van der Waals surface area (Å²) in [5.41, 5.74) is -1.92. The highest BCUT2D eigenvalue weighted by Gasteiger charge is 2.34. The fraction of sp³-hybridized carbons (Fsp3) is 0.273. The lowest BCUT2D eigenvalue weighted by Crippen LogP contribution is -2.28. The van der Waals surface area contributed by atoms with Crippen LogP contribution in [0, 0.1) is 0 Å². The van der Waals surface area contributed by atoms with Crippen LogP contribution in [0.3, 0.4) is 0 Å². The molecule has 0 radical (unpaired) electrons. The summed E-state index contributed by atoms with van der Waals surface area (Å²) in [6, 6.07) is 2.52. The highest BCUT2D eigenvalue weighted by atomic mass is 35.5. The first-order valence-electron chi connectivity index (χ1n) is 5.49. The second-order valence-electron chi connectivity index (χ2n) is 4.16. The van der Waals surface area contributed by atoms with E-state index in [-0.39, 0.29) is 5.02 Å². The van der Waals surface area contributed by atoms with E-state index in [9.17, 15) is 31.2 Å². The topological polar surface area (TPSA) is 101 Å². The molecule has 1 aromatic rings. The number of anilines is 1. The maximum atomic E-state index is 12.8. The summed E-state index contributed by atoms with van der Waals surface area (Å²) in [5.74, 6) is -5.50. The van der Waals surface area contributed by atoms with Gasteiger partial charge in [0.15, 0.2) is 9.84 Å². The molecule has 0 atom stereocenters. The molecular formula is C11H9ClF3NO5S. The minimum absolute atomic E-state index is 0.219. The molecule has 22 heavy (non-hydrogen) atoms. The number of aliphatic carboxylic acids is 1. The third-order valence-corrected chi connectivity index (χ3v) is 3.88. The van der Waals surface area contributed by atoms with Gasteiger partial charge in [-0.2, -0.15) is 13.2 Å². The Bertz CT molecular complexity index is 702. The summed E-state index contributed by atoms with van der Waals surface area (Å²) in [6.07, 6.45) is -4.81. The van der Waals surface area contributed by atoms with E-state index < -0.39 is 50.6 Å². The van der Waals surface area contributed by atoms with E-state index in [1.54, 1.807) is 5.32 Å². The molecule has 122 valence electrons. The van der Waals surface area contributed by atoms with Crippen molar-refractivity contribution in [1.82, 2.24) is 0 Å². The molecule has 11 heteroatoms. The lowest BCUT2D eigenvalue weighted by Gasteiger charge is -2.14. The summed E-state index contributed by atoms with van der Waals surface area (Å²) in [6.45, 7) is 0. The van der Waals surface area contributed by atoms with Gasteiger partial charge in [0.25, 0.3) is 0 Å². The number of amides is 1. The van der Waals surface area contributed by atoms with Gasteiger partial charge in [-0.3, -0.25) is 9.59 Å². The van der Waals surface area contributed by atoms with E-state index in [1.807, 2.05) is 0 Å². The monoisotopic (exact) mass is 359 g/mol. The Kier molecular flexibility index (Phi) is 5.41. The Hall–Kier alpha value is -1.81. The van der Waals surface area contributed by atoms with Crippen molar-refractivity contribution < 1.29 is 36.3 Å². The largest absolute Gasteiger partial charge is 0.480 e. The molecule has 0 unspecified atom stereocenters. The fourth-order valence-corrected chi connectivity index (χ4v) is 2.61. The summed E-state index contributed by atoms with van der Waals surface area (Å²) in [4.78, 5) is 21.8. The maximum Gasteiger partial charge on any atom is 0.418 e. The zero-order valence-electron chi connectivity index (χ0n) is 10.6. The molecule has 0 fully saturated rings. The van der Waals surface area contributed by atoms with Crippen LogP contribution in [0.2, 0.25) is 5.02 Å². The highest BCUT2D eigenvalue weighted by Crippen LogP contribution is 2.36. The number of alkyl halides is 3. The van der Waals surface area contributed by atoms with E-state index >= 15 is 0 Å². The predicted molar refractivity (Wildman–Crippen MR) is 71.4 cm³/mol. The lowest BCUT2D eigenvalue weighted by atomic mass is 10.1. The van der Waals surface area contributed by atoms with Gasteiger partial charge in [-0.15, -0.1) is 0 Å². The van der Waals surface area contributed by atoms with Crippen LogP contribution in [0.5, 0.6) is 0 Å². The molecule has 0 aliphatic carbocycles. The molecule has 0 saturated heterocycles. The van der Waals surface area contributed by atoms with Crippen molar-refractivity contribution in [2.24, 2.45) is 0 Å². The van der Waals surface area contributed by atoms with E-state index in [0.29, 0.717) is 6.07 Å². The number of sulfone groups is 1. The normalized spacial score (nSPS) is 12.0. The number of carboxylic acids is 1. The molecule has 1 rings (SSSR count). The van der Waals surface area contributed by atoms with E-state index in [2.05, 4.69) is 0 Å². The quantitative estimate of drug-likeness (QED) is 0.834. The van der Waals surface area contributed by atoms with Gasteiger partial charge in [0.2, 0.25) is 5.91 Å². The van der Waals surface area contributed by atoms with Crippen molar-refractivity contribution in [2.75, 3.05) is 16.8 Å². The Balaban J connectivity index is 2.96. The number of nitrogens with one attached hydrogen (secondary N) is 1. The molecule has 0 aromatic heterocycles. The van der Waals surface area contributed by atoms with Crippen molar-refractivity contribution in [1.29, 1.82) is 0 Å². The summed E-state index contributed by atoms with van der Waals surface area (Å²) in [7, 11) is -4.28. The number of halogens is 4. The SMILES string of the molecule is O=C(O)CS(=O)(=O)CC(=O)Nc1ccc(Cl)cc1C(F)(F)F. The minimum atomic E-state index is -4.81. The Morgan fingerprint density at radius 2 is 1.82 bits per heavy atom. The predicted octanol–water partition coefficient (Wildman–Crippen LogP) is 1.80. The van der Waals surface area contributed by atoms with E-state index in [4.69, 9.17) is 16.7 Å². The fourth-order valence-electron chi connectivity index (χ4n) is 1.49.